The first-order valence-electron chi connectivity index (χ1n) is 11.3. The molecule has 0 radical (unpaired) electrons. The van der Waals surface area contributed by atoms with Crippen LogP contribution in [0.3, 0.4) is 0 Å². The summed E-state index contributed by atoms with van der Waals surface area (Å²) in [6.07, 6.45) is 0.589. The van der Waals surface area contributed by atoms with E-state index in [9.17, 15) is 18.0 Å². The summed E-state index contributed by atoms with van der Waals surface area (Å²) in [5.74, 6) is -0.404. The van der Waals surface area contributed by atoms with Crippen molar-refractivity contribution in [3.63, 3.8) is 0 Å². The largest absolute Gasteiger partial charge is 0.463 e. The molecule has 34 heavy (non-hydrogen) atoms. The standard InChI is InChI=1S/C22H33N5O6S/c1-16(2)32-20(28)8-9-25-10-12-26(13-11-25)14-19-15-27(22(29)33-19)18-6-4-17(5-7-18)21(23)24-34(3,30)31/h4-7,16,19H,8-15H2,1-3H3,(H2,23,24). The second-order valence-electron chi connectivity index (χ2n) is 8.84. The lowest BCUT2D eigenvalue weighted by molar-refractivity contribution is -0.147. The number of benzene rings is 1. The minimum atomic E-state index is -3.53. The zero-order chi connectivity index (χ0) is 24.9. The molecule has 0 aromatic heterocycles. The number of carbonyl (C=O) groups is 2. The molecule has 1 aromatic carbocycles. The number of amidine groups is 1. The third kappa shape index (κ3) is 7.67. The summed E-state index contributed by atoms with van der Waals surface area (Å²) in [5.41, 5.74) is 1.02. The summed E-state index contributed by atoms with van der Waals surface area (Å²) in [4.78, 5) is 30.2. The summed E-state index contributed by atoms with van der Waals surface area (Å²) in [6, 6.07) is 6.51. The molecule has 2 heterocycles. The topological polar surface area (TPSA) is 132 Å². The third-order valence-electron chi connectivity index (χ3n) is 5.56. The number of rotatable bonds is 9. The number of nitrogens with one attached hydrogen (secondary N) is 2. The van der Waals surface area contributed by atoms with Gasteiger partial charge in [-0.2, -0.15) is 0 Å². The Hall–Kier alpha value is -2.70. The van der Waals surface area contributed by atoms with E-state index in [0.29, 0.717) is 37.3 Å². The number of cyclic esters (lactones) is 1. The molecule has 1 atom stereocenters. The Bertz CT molecular complexity index is 990. The average Bonchev–Trinajstić information content (AvgIpc) is 3.11. The highest BCUT2D eigenvalue weighted by molar-refractivity contribution is 7.89. The number of anilines is 1. The minimum absolute atomic E-state index is 0.0960. The molecule has 1 aromatic rings. The van der Waals surface area contributed by atoms with Gasteiger partial charge in [-0.25, -0.2) is 13.2 Å². The fraction of sp³-hybridized carbons (Fsp3) is 0.591. The molecular weight excluding hydrogens is 462 g/mol. The van der Waals surface area contributed by atoms with Crippen LogP contribution in [0, 0.1) is 5.41 Å². The minimum Gasteiger partial charge on any atom is -0.463 e. The first-order valence-corrected chi connectivity index (χ1v) is 13.2. The van der Waals surface area contributed by atoms with Crippen LogP contribution in [0.25, 0.3) is 0 Å². The van der Waals surface area contributed by atoms with E-state index in [1.807, 2.05) is 13.8 Å². The molecule has 188 valence electrons. The van der Waals surface area contributed by atoms with E-state index in [4.69, 9.17) is 14.9 Å². The molecule has 2 fully saturated rings. The van der Waals surface area contributed by atoms with E-state index in [0.717, 1.165) is 32.4 Å². The number of esters is 1. The highest BCUT2D eigenvalue weighted by Crippen LogP contribution is 2.23. The summed E-state index contributed by atoms with van der Waals surface area (Å²) < 4.78 is 35.5. The summed E-state index contributed by atoms with van der Waals surface area (Å²) in [6.45, 7) is 8.75. The molecule has 2 aliphatic heterocycles. The normalized spacial score (nSPS) is 19.8. The van der Waals surface area contributed by atoms with E-state index in [-0.39, 0.29) is 24.0 Å². The van der Waals surface area contributed by atoms with E-state index < -0.39 is 16.1 Å². The number of hydrogen-bond donors (Lipinski definition) is 2. The van der Waals surface area contributed by atoms with Crippen LogP contribution in [0.5, 0.6) is 0 Å². The van der Waals surface area contributed by atoms with Crippen molar-refractivity contribution in [3.8, 4) is 0 Å². The van der Waals surface area contributed by atoms with Crippen molar-refractivity contribution in [1.29, 1.82) is 5.41 Å². The Morgan fingerprint density at radius 3 is 2.38 bits per heavy atom. The summed E-state index contributed by atoms with van der Waals surface area (Å²) >= 11 is 0. The molecule has 12 heteroatoms. The van der Waals surface area contributed by atoms with Gasteiger partial charge in [-0.1, -0.05) is 0 Å². The van der Waals surface area contributed by atoms with E-state index in [2.05, 4.69) is 14.5 Å². The van der Waals surface area contributed by atoms with Gasteiger partial charge >= 0.3 is 12.1 Å². The van der Waals surface area contributed by atoms with Crippen LogP contribution in [-0.2, 0) is 24.3 Å². The van der Waals surface area contributed by atoms with Crippen molar-refractivity contribution in [2.45, 2.75) is 32.5 Å². The van der Waals surface area contributed by atoms with Gasteiger partial charge in [0.25, 0.3) is 0 Å². The number of hydrogen-bond acceptors (Lipinski definition) is 9. The van der Waals surface area contributed by atoms with Gasteiger partial charge in [-0.05, 0) is 38.1 Å². The molecule has 3 rings (SSSR count). The zero-order valence-corrected chi connectivity index (χ0v) is 20.6. The van der Waals surface area contributed by atoms with Crippen LogP contribution in [0.4, 0.5) is 10.5 Å². The van der Waals surface area contributed by atoms with Gasteiger partial charge in [0.1, 0.15) is 11.9 Å². The van der Waals surface area contributed by atoms with Gasteiger partial charge in [0, 0.05) is 50.5 Å². The number of piperazine rings is 1. The zero-order valence-electron chi connectivity index (χ0n) is 19.8. The van der Waals surface area contributed by atoms with E-state index in [1.165, 1.54) is 0 Å². The van der Waals surface area contributed by atoms with Crippen molar-refractivity contribution in [2.75, 3.05) is 57.0 Å². The van der Waals surface area contributed by atoms with Crippen LogP contribution in [0.1, 0.15) is 25.8 Å². The van der Waals surface area contributed by atoms with Crippen LogP contribution in [0.15, 0.2) is 24.3 Å². The molecule has 1 amide bonds. The molecule has 0 spiro atoms. The van der Waals surface area contributed by atoms with Crippen LogP contribution >= 0.6 is 0 Å². The molecule has 1 unspecified atom stereocenters. The Labute approximate surface area is 200 Å². The highest BCUT2D eigenvalue weighted by atomic mass is 32.2. The molecule has 11 nitrogen and oxygen atoms in total. The number of sulfonamides is 1. The smallest absolute Gasteiger partial charge is 0.414 e. The second kappa shape index (κ2) is 11.2. The molecular formula is C22H33N5O6S. The molecule has 2 saturated heterocycles. The molecule has 0 aliphatic carbocycles. The van der Waals surface area contributed by atoms with Gasteiger partial charge in [0.15, 0.2) is 0 Å². The van der Waals surface area contributed by atoms with E-state index >= 15 is 0 Å². The van der Waals surface area contributed by atoms with Gasteiger partial charge in [0.05, 0.1) is 25.3 Å². The predicted molar refractivity (Wildman–Crippen MR) is 128 cm³/mol. The van der Waals surface area contributed by atoms with Crippen LogP contribution in [-0.4, -0.2) is 100 Å². The molecule has 2 N–H and O–H groups in total. The average molecular weight is 496 g/mol. The Balaban J connectivity index is 1.45. The number of ether oxygens (including phenoxy) is 2. The van der Waals surface area contributed by atoms with Gasteiger partial charge < -0.3 is 14.4 Å². The van der Waals surface area contributed by atoms with Crippen molar-refractivity contribution >= 4 is 33.6 Å². The monoisotopic (exact) mass is 495 g/mol. The Morgan fingerprint density at radius 1 is 1.18 bits per heavy atom. The lowest BCUT2D eigenvalue weighted by Gasteiger charge is -2.35. The first kappa shape index (κ1) is 25.9. The highest BCUT2D eigenvalue weighted by Gasteiger charge is 2.34. The maximum absolute atomic E-state index is 12.4. The van der Waals surface area contributed by atoms with Crippen molar-refractivity contribution < 1.29 is 27.5 Å². The lowest BCUT2D eigenvalue weighted by Crippen LogP contribution is -2.49. The number of amides is 1. The second-order valence-corrected chi connectivity index (χ2v) is 10.6. The SMILES string of the molecule is CC(C)OC(=O)CCN1CCN(CC2CN(c3ccc(C(=N)NS(C)(=O)=O)cc3)C(=O)O2)CC1. The molecule has 0 bridgehead atoms. The summed E-state index contributed by atoms with van der Waals surface area (Å²) in [7, 11) is -3.53. The fourth-order valence-corrected chi connectivity index (χ4v) is 4.42. The fourth-order valence-electron chi connectivity index (χ4n) is 3.93. The van der Waals surface area contributed by atoms with Gasteiger partial charge in [-0.3, -0.25) is 24.7 Å². The number of carbonyl (C=O) groups excluding carboxylic acids is 2. The third-order valence-corrected chi connectivity index (χ3v) is 6.13. The first-order chi connectivity index (χ1) is 16.0. The lowest BCUT2D eigenvalue weighted by atomic mass is 10.2. The maximum Gasteiger partial charge on any atom is 0.414 e. The number of nitrogens with zero attached hydrogens (tertiary/aromatic N) is 3. The molecule has 0 saturated carbocycles. The van der Waals surface area contributed by atoms with Gasteiger partial charge in [-0.15, -0.1) is 0 Å². The molecule has 2 aliphatic rings. The van der Waals surface area contributed by atoms with Crippen LogP contribution in [0.2, 0.25) is 0 Å². The quantitative estimate of drug-likeness (QED) is 0.293. The van der Waals surface area contributed by atoms with Crippen molar-refractivity contribution in [1.82, 2.24) is 14.5 Å². The van der Waals surface area contributed by atoms with Crippen molar-refractivity contribution in [3.05, 3.63) is 29.8 Å². The predicted octanol–water partition coefficient (Wildman–Crippen LogP) is 0.846. The Morgan fingerprint density at radius 2 is 1.79 bits per heavy atom. The van der Waals surface area contributed by atoms with E-state index in [1.54, 1.807) is 29.2 Å². The Kier molecular flexibility index (Phi) is 8.50. The maximum atomic E-state index is 12.4. The summed E-state index contributed by atoms with van der Waals surface area (Å²) in [5, 5.41) is 7.84. The van der Waals surface area contributed by atoms with Crippen LogP contribution < -0.4 is 9.62 Å². The van der Waals surface area contributed by atoms with Crippen molar-refractivity contribution in [2.24, 2.45) is 0 Å². The van der Waals surface area contributed by atoms with Gasteiger partial charge in [0.2, 0.25) is 10.0 Å².